The van der Waals surface area contributed by atoms with Gasteiger partial charge in [-0.25, -0.2) is 9.69 Å². The minimum absolute atomic E-state index is 0.0789. The van der Waals surface area contributed by atoms with Crippen LogP contribution in [0.15, 0.2) is 0 Å². The summed E-state index contributed by atoms with van der Waals surface area (Å²) in [5.41, 5.74) is -0.566. The van der Waals surface area contributed by atoms with Gasteiger partial charge in [0.15, 0.2) is 0 Å². The van der Waals surface area contributed by atoms with Gasteiger partial charge in [0.1, 0.15) is 11.7 Å². The van der Waals surface area contributed by atoms with E-state index >= 15 is 0 Å². The normalized spacial score (nSPS) is 39.9. The standard InChI is InChI=1S/C11H15NO4/c1-11(2,3)16-10(14)12-6-4-5(9(12)13)7-8(6)15-7/h5-8H,4H2,1-3H3/t5-,6-,7+,8+/m1/s1. The molecule has 0 radical (unpaired) electrons. The quantitative estimate of drug-likeness (QED) is 0.575. The highest BCUT2D eigenvalue weighted by Gasteiger charge is 2.68. The van der Waals surface area contributed by atoms with Crippen LogP contribution in [0, 0.1) is 5.92 Å². The summed E-state index contributed by atoms with van der Waals surface area (Å²) in [6, 6.07) is -0.0858. The maximum atomic E-state index is 11.9. The van der Waals surface area contributed by atoms with Crippen molar-refractivity contribution in [1.82, 2.24) is 4.90 Å². The van der Waals surface area contributed by atoms with Gasteiger partial charge in [0.05, 0.1) is 18.1 Å². The summed E-state index contributed by atoms with van der Waals surface area (Å²) < 4.78 is 10.6. The van der Waals surface area contributed by atoms with E-state index in [0.29, 0.717) is 0 Å². The van der Waals surface area contributed by atoms with Crippen molar-refractivity contribution in [3.05, 3.63) is 0 Å². The molecule has 2 heterocycles. The molecule has 0 N–H and O–H groups in total. The van der Waals surface area contributed by atoms with Crippen molar-refractivity contribution in [3.8, 4) is 0 Å². The van der Waals surface area contributed by atoms with E-state index in [1.165, 1.54) is 4.90 Å². The molecule has 0 unspecified atom stereocenters. The summed E-state index contributed by atoms with van der Waals surface area (Å²) in [4.78, 5) is 25.0. The summed E-state index contributed by atoms with van der Waals surface area (Å²) >= 11 is 0. The smallest absolute Gasteiger partial charge is 0.417 e. The summed E-state index contributed by atoms with van der Waals surface area (Å²) in [5.74, 6) is -0.236. The molecule has 88 valence electrons. The first-order chi connectivity index (χ1) is 7.38. The van der Waals surface area contributed by atoms with Crippen LogP contribution in [0.3, 0.4) is 0 Å². The number of carbonyl (C=O) groups excluding carboxylic acids is 2. The molecule has 3 fully saturated rings. The third-order valence-corrected chi connectivity index (χ3v) is 3.31. The van der Waals surface area contributed by atoms with E-state index in [4.69, 9.17) is 9.47 Å². The largest absolute Gasteiger partial charge is 0.443 e. The molecule has 1 aliphatic carbocycles. The maximum absolute atomic E-state index is 11.9. The van der Waals surface area contributed by atoms with Gasteiger partial charge >= 0.3 is 6.09 Å². The Balaban J connectivity index is 1.76. The molecule has 0 spiro atoms. The molecule has 16 heavy (non-hydrogen) atoms. The van der Waals surface area contributed by atoms with Crippen LogP contribution in [0.2, 0.25) is 0 Å². The van der Waals surface area contributed by atoms with Crippen LogP contribution in [0.25, 0.3) is 0 Å². The number of ether oxygens (including phenoxy) is 2. The summed E-state index contributed by atoms with van der Waals surface area (Å²) in [5, 5.41) is 0. The van der Waals surface area contributed by atoms with Gasteiger partial charge in [-0.05, 0) is 27.2 Å². The van der Waals surface area contributed by atoms with Gasteiger partial charge in [0, 0.05) is 0 Å². The van der Waals surface area contributed by atoms with Crippen LogP contribution in [-0.4, -0.2) is 40.8 Å². The van der Waals surface area contributed by atoms with Crippen molar-refractivity contribution in [3.63, 3.8) is 0 Å². The minimum atomic E-state index is -0.566. The number of nitrogens with zero attached hydrogens (tertiary/aromatic N) is 1. The third-order valence-electron chi connectivity index (χ3n) is 3.31. The molecule has 4 atom stereocenters. The van der Waals surface area contributed by atoms with Crippen molar-refractivity contribution in [1.29, 1.82) is 0 Å². The Morgan fingerprint density at radius 3 is 2.69 bits per heavy atom. The molecule has 5 heteroatoms. The Morgan fingerprint density at radius 2 is 2.12 bits per heavy atom. The predicted molar refractivity (Wildman–Crippen MR) is 53.6 cm³/mol. The van der Waals surface area contributed by atoms with Gasteiger partial charge in [0.2, 0.25) is 5.91 Å². The molecule has 3 rings (SSSR count). The molecule has 5 nitrogen and oxygen atoms in total. The fraction of sp³-hybridized carbons (Fsp3) is 0.818. The third kappa shape index (κ3) is 1.27. The molecule has 2 saturated heterocycles. The average molecular weight is 225 g/mol. The second kappa shape index (κ2) is 2.77. The topological polar surface area (TPSA) is 59.1 Å². The molecule has 3 aliphatic rings. The van der Waals surface area contributed by atoms with Gasteiger partial charge in [-0.15, -0.1) is 0 Å². The van der Waals surface area contributed by atoms with Crippen molar-refractivity contribution in [2.24, 2.45) is 5.92 Å². The lowest BCUT2D eigenvalue weighted by Gasteiger charge is -2.27. The first-order valence-electron chi connectivity index (χ1n) is 5.60. The van der Waals surface area contributed by atoms with Crippen LogP contribution in [0.5, 0.6) is 0 Å². The lowest BCUT2D eigenvalue weighted by molar-refractivity contribution is -0.132. The van der Waals surface area contributed by atoms with Crippen LogP contribution < -0.4 is 0 Å². The number of fused-ring (bicyclic) bond motifs is 5. The van der Waals surface area contributed by atoms with E-state index in [1.54, 1.807) is 20.8 Å². The number of hydrogen-bond donors (Lipinski definition) is 0. The van der Waals surface area contributed by atoms with Crippen LogP contribution in [0.4, 0.5) is 4.79 Å². The summed E-state index contributed by atoms with van der Waals surface area (Å²) in [6.45, 7) is 5.38. The number of epoxide rings is 1. The van der Waals surface area contributed by atoms with Crippen molar-refractivity contribution in [2.75, 3.05) is 0 Å². The van der Waals surface area contributed by atoms with E-state index in [2.05, 4.69) is 0 Å². The Labute approximate surface area is 93.7 Å². The lowest BCUT2D eigenvalue weighted by atomic mass is 10.1. The van der Waals surface area contributed by atoms with Crippen molar-refractivity contribution >= 4 is 12.0 Å². The second-order valence-electron chi connectivity index (χ2n) is 5.66. The van der Waals surface area contributed by atoms with Crippen molar-refractivity contribution < 1.29 is 19.1 Å². The predicted octanol–water partition coefficient (Wildman–Crippen LogP) is 0.920. The Hall–Kier alpha value is -1.10. The zero-order valence-corrected chi connectivity index (χ0v) is 9.60. The van der Waals surface area contributed by atoms with Crippen molar-refractivity contribution in [2.45, 2.75) is 51.0 Å². The fourth-order valence-corrected chi connectivity index (χ4v) is 2.67. The summed E-state index contributed by atoms with van der Waals surface area (Å²) in [7, 11) is 0. The number of carbonyl (C=O) groups is 2. The van der Waals surface area contributed by atoms with E-state index in [9.17, 15) is 9.59 Å². The molecular weight excluding hydrogens is 210 g/mol. The van der Waals surface area contributed by atoms with Crippen LogP contribution in [0.1, 0.15) is 27.2 Å². The van der Waals surface area contributed by atoms with Crippen LogP contribution >= 0.6 is 0 Å². The number of likely N-dealkylation sites (tertiary alicyclic amines) is 1. The van der Waals surface area contributed by atoms with Gasteiger partial charge in [0.25, 0.3) is 0 Å². The Bertz CT molecular complexity index is 373. The van der Waals surface area contributed by atoms with Gasteiger partial charge in [-0.2, -0.15) is 0 Å². The van der Waals surface area contributed by atoms with E-state index in [0.717, 1.165) is 6.42 Å². The minimum Gasteiger partial charge on any atom is -0.443 e. The number of amides is 2. The Morgan fingerprint density at radius 1 is 1.44 bits per heavy atom. The van der Waals surface area contributed by atoms with Gasteiger partial charge in [-0.1, -0.05) is 0 Å². The van der Waals surface area contributed by atoms with E-state index < -0.39 is 11.7 Å². The number of piperidine rings is 1. The fourth-order valence-electron chi connectivity index (χ4n) is 2.67. The molecule has 0 aromatic heterocycles. The Kier molecular flexibility index (Phi) is 1.74. The monoisotopic (exact) mass is 225 g/mol. The highest BCUT2D eigenvalue weighted by atomic mass is 16.6. The second-order valence-corrected chi connectivity index (χ2v) is 5.66. The molecular formula is C11H15NO4. The molecule has 2 aliphatic heterocycles. The maximum Gasteiger partial charge on any atom is 0.417 e. The molecule has 2 bridgehead atoms. The highest BCUT2D eigenvalue weighted by molar-refractivity contribution is 5.97. The molecule has 2 amide bonds. The van der Waals surface area contributed by atoms with E-state index in [1.807, 2.05) is 0 Å². The SMILES string of the molecule is CC(C)(C)OC(=O)N1C(=O)[C@@H]2C[C@@H]1[C@@H]1O[C@H]12. The number of imide groups is 1. The number of rotatable bonds is 0. The van der Waals surface area contributed by atoms with Gasteiger partial charge < -0.3 is 9.47 Å². The first kappa shape index (κ1) is 10.1. The zero-order chi connectivity index (χ0) is 11.7. The molecule has 0 aromatic rings. The highest BCUT2D eigenvalue weighted by Crippen LogP contribution is 2.51. The van der Waals surface area contributed by atoms with Crippen LogP contribution in [-0.2, 0) is 14.3 Å². The van der Waals surface area contributed by atoms with Gasteiger partial charge in [-0.3, -0.25) is 4.79 Å². The zero-order valence-electron chi connectivity index (χ0n) is 9.60. The molecule has 1 saturated carbocycles. The number of hydrogen-bond acceptors (Lipinski definition) is 4. The molecule has 0 aromatic carbocycles. The lowest BCUT2D eigenvalue weighted by Crippen LogP contribution is -2.47. The summed E-state index contributed by atoms with van der Waals surface area (Å²) in [6.07, 6.45) is 0.373. The first-order valence-corrected chi connectivity index (χ1v) is 5.60. The van der Waals surface area contributed by atoms with E-state index in [-0.39, 0.29) is 30.1 Å². The average Bonchev–Trinajstić information content (AvgIpc) is 2.74.